The number of nitrogens with zero attached hydrogens (tertiary/aromatic N) is 6. The molecule has 6 heterocycles. The summed E-state index contributed by atoms with van der Waals surface area (Å²) in [6.45, 7) is 0. The molecule has 8 rings (SSSR count). The van der Waals surface area contributed by atoms with Gasteiger partial charge in [0.25, 0.3) is 0 Å². The monoisotopic (exact) mass is 692 g/mol. The van der Waals surface area contributed by atoms with Gasteiger partial charge in [-0.15, -0.1) is 0 Å². The van der Waals surface area contributed by atoms with Crippen LogP contribution in [0.3, 0.4) is 0 Å². The largest absolute Gasteiger partial charge is 0.393 e. The molecule has 264 valence electrons. The van der Waals surface area contributed by atoms with Crippen molar-refractivity contribution < 1.29 is 35.8 Å². The molecule has 0 aromatic carbocycles. The van der Waals surface area contributed by atoms with Crippen molar-refractivity contribution in [3.05, 3.63) is 72.6 Å². The van der Waals surface area contributed by atoms with Crippen LogP contribution in [0.5, 0.6) is 0 Å². The fourth-order valence-corrected chi connectivity index (χ4v) is 7.71. The molecular weight excluding hydrogens is 653 g/mol. The molecular formula is C35H39F7N6O. The molecule has 14 heteroatoms. The second kappa shape index (κ2) is 13.1. The number of alkyl halides is 5. The lowest BCUT2D eigenvalue weighted by Crippen LogP contribution is -2.35. The highest BCUT2D eigenvalue weighted by Gasteiger charge is 2.44. The molecule has 2 saturated carbocycles. The minimum atomic E-state index is -2.75. The van der Waals surface area contributed by atoms with Crippen molar-refractivity contribution in [3.63, 3.8) is 0 Å². The van der Waals surface area contributed by atoms with E-state index in [9.17, 15) is 35.8 Å². The van der Waals surface area contributed by atoms with E-state index >= 15 is 0 Å². The van der Waals surface area contributed by atoms with Crippen LogP contribution in [0.15, 0.2) is 49.3 Å². The number of aliphatic hydroxyl groups is 1. The van der Waals surface area contributed by atoms with E-state index in [0.717, 1.165) is 22.5 Å². The van der Waals surface area contributed by atoms with E-state index in [-0.39, 0.29) is 57.5 Å². The number of imidazole rings is 2. The van der Waals surface area contributed by atoms with E-state index in [1.807, 2.05) is 9.13 Å². The summed E-state index contributed by atoms with van der Waals surface area (Å²) in [6, 6.07) is 5.29. The first-order valence-corrected chi connectivity index (χ1v) is 16.3. The summed E-state index contributed by atoms with van der Waals surface area (Å²) in [5, 5.41) is 10.6. The van der Waals surface area contributed by atoms with Gasteiger partial charge >= 0.3 is 0 Å². The third-order valence-corrected chi connectivity index (χ3v) is 10.5. The molecule has 2 aliphatic carbocycles. The highest BCUT2D eigenvalue weighted by molar-refractivity contribution is 5.67. The van der Waals surface area contributed by atoms with Crippen molar-refractivity contribution in [1.82, 2.24) is 29.1 Å². The minimum Gasteiger partial charge on any atom is -0.393 e. The predicted molar refractivity (Wildman–Crippen MR) is 168 cm³/mol. The second-order valence-corrected chi connectivity index (χ2v) is 13.6. The lowest BCUT2D eigenvalue weighted by molar-refractivity contribution is -0.0782. The smallest absolute Gasteiger partial charge is 0.248 e. The molecule has 7 nitrogen and oxygen atoms in total. The number of aromatic nitrogens is 6. The van der Waals surface area contributed by atoms with Crippen LogP contribution < -0.4 is 0 Å². The van der Waals surface area contributed by atoms with E-state index in [1.165, 1.54) is 12.1 Å². The summed E-state index contributed by atoms with van der Waals surface area (Å²) < 4.78 is 98.8. The molecule has 0 spiro atoms. The Bertz CT molecular complexity index is 1770. The molecule has 49 heavy (non-hydrogen) atoms. The molecule has 0 saturated heterocycles. The number of hydrogen-bond acceptors (Lipinski definition) is 5. The highest BCUT2D eigenvalue weighted by Crippen LogP contribution is 2.47. The van der Waals surface area contributed by atoms with Gasteiger partial charge < -0.3 is 14.2 Å². The predicted octanol–water partition coefficient (Wildman–Crippen LogP) is 8.88. The Balaban J connectivity index is 0.000000167. The molecule has 4 aromatic rings. The number of hydrogen-bond donors (Lipinski definition) is 1. The van der Waals surface area contributed by atoms with Crippen LogP contribution in [0, 0.1) is 17.8 Å². The summed E-state index contributed by atoms with van der Waals surface area (Å²) in [4.78, 5) is 16.2. The number of aliphatic hydroxyl groups excluding tert-OH is 1. The lowest BCUT2D eigenvalue weighted by atomic mass is 9.80. The van der Waals surface area contributed by atoms with Gasteiger partial charge in [-0.3, -0.25) is 0 Å². The first-order valence-electron chi connectivity index (χ1n) is 16.3. The van der Waals surface area contributed by atoms with Crippen molar-refractivity contribution >= 4 is 0 Å². The topological polar surface area (TPSA) is 81.7 Å². The van der Waals surface area contributed by atoms with Gasteiger partial charge in [-0.1, -0.05) is 7.43 Å². The zero-order valence-corrected chi connectivity index (χ0v) is 26.0. The molecule has 0 amide bonds. The molecule has 4 aromatic heterocycles. The van der Waals surface area contributed by atoms with E-state index in [1.54, 1.807) is 37.2 Å². The second-order valence-electron chi connectivity index (χ2n) is 13.6. The van der Waals surface area contributed by atoms with Crippen molar-refractivity contribution in [3.8, 4) is 22.5 Å². The Morgan fingerprint density at radius 1 is 0.714 bits per heavy atom. The normalized spacial score (nSPS) is 23.3. The maximum absolute atomic E-state index is 14.9. The van der Waals surface area contributed by atoms with E-state index in [4.69, 9.17) is 0 Å². The van der Waals surface area contributed by atoms with Gasteiger partial charge in [-0.05, 0) is 68.7 Å². The zero-order chi connectivity index (χ0) is 33.8. The average molecular weight is 693 g/mol. The average Bonchev–Trinajstić information content (AvgIpc) is 3.82. The number of pyridine rings is 2. The first kappa shape index (κ1) is 35.0. The van der Waals surface area contributed by atoms with Gasteiger partial charge in [0, 0.05) is 43.2 Å². The lowest BCUT2D eigenvalue weighted by Gasteiger charge is -2.34. The summed E-state index contributed by atoms with van der Waals surface area (Å²) in [6.07, 6.45) is 5.93. The highest BCUT2D eigenvalue weighted by atomic mass is 19.3. The SMILES string of the molecule is C.Fc1ccc2c(n1)C(CCC1(F)CCC(F)(F)CC1)n1cncc1-2.OC(CC1c2nc(F)ccc2-c2cncn21)C1CCC(F)(F)CC1. The van der Waals surface area contributed by atoms with E-state index < -0.39 is 48.4 Å². The molecule has 2 fully saturated rings. The zero-order valence-electron chi connectivity index (χ0n) is 26.0. The van der Waals surface area contributed by atoms with Gasteiger partial charge in [0.2, 0.25) is 23.7 Å². The van der Waals surface area contributed by atoms with Crippen LogP contribution in [0.4, 0.5) is 30.7 Å². The van der Waals surface area contributed by atoms with Crippen LogP contribution >= 0.6 is 0 Å². The molecule has 0 radical (unpaired) electrons. The molecule has 1 N–H and O–H groups in total. The Hall–Kier alpha value is -3.81. The van der Waals surface area contributed by atoms with Crippen molar-refractivity contribution in [1.29, 1.82) is 0 Å². The molecule has 3 unspecified atom stereocenters. The standard InChI is InChI=1S/C17H17F4N3.C17H18F3N3O.CH4/c18-14-2-1-11-13-9-22-10-24(13)12(15(11)23-14)3-4-16(19)5-7-17(20,21)8-6-16;18-15-2-1-11-13-8-21-9-23(13)12(16(11)22-15)7-14(24)10-3-5-17(19,20)6-4-10;/h1-2,9-10,12H,3-8H2;1-2,8-10,12,14,24H,3-7H2;1H4. The third-order valence-electron chi connectivity index (χ3n) is 10.5. The summed E-state index contributed by atoms with van der Waals surface area (Å²) in [7, 11) is 0. The molecule has 0 bridgehead atoms. The van der Waals surface area contributed by atoms with Gasteiger partial charge in [0.1, 0.15) is 5.67 Å². The minimum absolute atomic E-state index is 0. The van der Waals surface area contributed by atoms with Crippen molar-refractivity contribution in [2.45, 2.75) is 114 Å². The summed E-state index contributed by atoms with van der Waals surface area (Å²) >= 11 is 0. The first-order chi connectivity index (χ1) is 22.8. The van der Waals surface area contributed by atoms with Crippen LogP contribution in [-0.2, 0) is 0 Å². The summed E-state index contributed by atoms with van der Waals surface area (Å²) in [5.41, 5.74) is 2.82. The summed E-state index contributed by atoms with van der Waals surface area (Å²) in [5.74, 6) is -6.67. The fourth-order valence-electron chi connectivity index (χ4n) is 7.71. The van der Waals surface area contributed by atoms with Crippen LogP contribution in [0.2, 0.25) is 0 Å². The number of fused-ring (bicyclic) bond motifs is 6. The Labute approximate surface area is 279 Å². The maximum Gasteiger partial charge on any atom is 0.248 e. The third kappa shape index (κ3) is 6.98. The quantitative estimate of drug-likeness (QED) is 0.161. The van der Waals surface area contributed by atoms with Gasteiger partial charge in [-0.2, -0.15) is 8.78 Å². The molecule has 3 atom stereocenters. The van der Waals surface area contributed by atoms with Crippen molar-refractivity contribution in [2.75, 3.05) is 0 Å². The number of halogens is 7. The van der Waals surface area contributed by atoms with Gasteiger partial charge in [0.15, 0.2) is 0 Å². The van der Waals surface area contributed by atoms with Crippen LogP contribution in [0.25, 0.3) is 22.5 Å². The van der Waals surface area contributed by atoms with Crippen LogP contribution in [-0.4, -0.2) is 57.8 Å². The fraction of sp³-hybridized carbons (Fsp3) is 0.543. The van der Waals surface area contributed by atoms with Gasteiger partial charge in [0.05, 0.1) is 66.0 Å². The van der Waals surface area contributed by atoms with E-state index in [0.29, 0.717) is 37.1 Å². The Morgan fingerprint density at radius 3 is 1.76 bits per heavy atom. The van der Waals surface area contributed by atoms with E-state index in [2.05, 4.69) is 19.9 Å². The van der Waals surface area contributed by atoms with Crippen LogP contribution in [0.1, 0.15) is 102 Å². The van der Waals surface area contributed by atoms with Crippen molar-refractivity contribution in [2.24, 2.45) is 5.92 Å². The number of rotatable bonds is 6. The van der Waals surface area contributed by atoms with Gasteiger partial charge in [-0.25, -0.2) is 41.9 Å². The molecule has 4 aliphatic rings. The maximum atomic E-state index is 14.9. The molecule has 2 aliphatic heterocycles. The Kier molecular flexibility index (Phi) is 9.40. The Morgan fingerprint density at radius 2 is 1.20 bits per heavy atom.